The Morgan fingerprint density at radius 1 is 1.18 bits per heavy atom. The van der Waals surface area contributed by atoms with Crippen molar-refractivity contribution in [2.24, 2.45) is 0 Å². The highest BCUT2D eigenvalue weighted by atomic mass is 32.2. The third kappa shape index (κ3) is 5.27. The van der Waals surface area contributed by atoms with E-state index in [2.05, 4.69) is 14.9 Å². The van der Waals surface area contributed by atoms with Crippen LogP contribution in [-0.2, 0) is 9.31 Å². The average molecular weight is 407 g/mol. The average Bonchev–Trinajstić information content (AvgIpc) is 2.88. The number of thioether (sulfide) groups is 1. The molecule has 2 aliphatic heterocycles. The number of likely N-dealkylation sites (tertiary alicyclic amines) is 1. The lowest BCUT2D eigenvalue weighted by molar-refractivity contribution is 0.00578. The third-order valence-electron chi connectivity index (χ3n) is 6.22. The minimum atomic E-state index is -0.409. The number of aromatic nitrogens is 2. The standard InChI is InChI=1S/C20H34BN3O3S/c1-19(2)20(3,4)27-21(26-19)16-14-22-18(23-15-16)28-13-7-9-17-8-5-6-10-24(17)11-12-25/h14-15,17,25H,5-13H2,1-4H3/t17-/m1/s1. The lowest BCUT2D eigenvalue weighted by Crippen LogP contribution is -2.41. The lowest BCUT2D eigenvalue weighted by Gasteiger charge is -2.35. The largest absolute Gasteiger partial charge is 0.498 e. The van der Waals surface area contributed by atoms with Crippen LogP contribution in [0.15, 0.2) is 17.6 Å². The molecule has 1 aromatic heterocycles. The minimum Gasteiger partial charge on any atom is -0.399 e. The molecule has 0 unspecified atom stereocenters. The molecule has 3 heterocycles. The van der Waals surface area contributed by atoms with Gasteiger partial charge in [-0.2, -0.15) is 0 Å². The van der Waals surface area contributed by atoms with E-state index in [1.54, 1.807) is 11.8 Å². The Labute approximate surface area is 173 Å². The zero-order valence-corrected chi connectivity index (χ0v) is 18.5. The van der Waals surface area contributed by atoms with Gasteiger partial charge in [-0.3, -0.25) is 4.90 Å². The first kappa shape index (κ1) is 22.0. The van der Waals surface area contributed by atoms with Crippen molar-refractivity contribution in [2.75, 3.05) is 25.4 Å². The van der Waals surface area contributed by atoms with Gasteiger partial charge in [0.1, 0.15) is 0 Å². The summed E-state index contributed by atoms with van der Waals surface area (Å²) in [5.41, 5.74) is 0.159. The summed E-state index contributed by atoms with van der Waals surface area (Å²) >= 11 is 1.70. The second-order valence-corrected chi connectivity index (χ2v) is 9.85. The van der Waals surface area contributed by atoms with Crippen molar-refractivity contribution in [2.45, 2.75) is 82.2 Å². The van der Waals surface area contributed by atoms with E-state index in [0.29, 0.717) is 6.04 Å². The molecule has 2 fully saturated rings. The van der Waals surface area contributed by atoms with Gasteiger partial charge < -0.3 is 14.4 Å². The summed E-state index contributed by atoms with van der Waals surface area (Å²) in [4.78, 5) is 11.4. The van der Waals surface area contributed by atoms with Crippen LogP contribution < -0.4 is 5.46 Å². The van der Waals surface area contributed by atoms with Crippen LogP contribution in [0.5, 0.6) is 0 Å². The van der Waals surface area contributed by atoms with E-state index in [4.69, 9.17) is 9.31 Å². The minimum absolute atomic E-state index is 0.258. The quantitative estimate of drug-likeness (QED) is 0.307. The predicted molar refractivity (Wildman–Crippen MR) is 114 cm³/mol. The third-order valence-corrected chi connectivity index (χ3v) is 7.18. The van der Waals surface area contributed by atoms with Crippen LogP contribution in [0.1, 0.15) is 59.8 Å². The molecule has 0 aromatic carbocycles. The smallest absolute Gasteiger partial charge is 0.399 e. The molecule has 28 heavy (non-hydrogen) atoms. The monoisotopic (exact) mass is 407 g/mol. The number of aliphatic hydroxyl groups excluding tert-OH is 1. The van der Waals surface area contributed by atoms with Gasteiger partial charge in [-0.25, -0.2) is 9.97 Å². The lowest BCUT2D eigenvalue weighted by atomic mass is 9.81. The maximum Gasteiger partial charge on any atom is 0.498 e. The maximum absolute atomic E-state index is 9.23. The summed E-state index contributed by atoms with van der Waals surface area (Å²) in [6.07, 6.45) is 9.78. The van der Waals surface area contributed by atoms with E-state index in [0.717, 1.165) is 35.9 Å². The SMILES string of the molecule is CC1(C)OB(c2cnc(SCCC[C@H]3CCCCN3CCO)nc2)OC1(C)C. The number of nitrogens with zero attached hydrogens (tertiary/aromatic N) is 3. The van der Waals surface area contributed by atoms with Gasteiger partial charge in [0.25, 0.3) is 0 Å². The number of piperidine rings is 1. The van der Waals surface area contributed by atoms with Gasteiger partial charge in [-0.15, -0.1) is 0 Å². The molecule has 0 aliphatic carbocycles. The van der Waals surface area contributed by atoms with Gasteiger partial charge in [0.2, 0.25) is 0 Å². The van der Waals surface area contributed by atoms with Gasteiger partial charge in [0.15, 0.2) is 5.16 Å². The van der Waals surface area contributed by atoms with Crippen molar-refractivity contribution in [3.63, 3.8) is 0 Å². The van der Waals surface area contributed by atoms with Crippen molar-refractivity contribution >= 4 is 24.3 Å². The van der Waals surface area contributed by atoms with Gasteiger partial charge >= 0.3 is 7.12 Å². The van der Waals surface area contributed by atoms with Crippen molar-refractivity contribution in [1.29, 1.82) is 0 Å². The fraction of sp³-hybridized carbons (Fsp3) is 0.800. The molecule has 0 bridgehead atoms. The molecule has 8 heteroatoms. The van der Waals surface area contributed by atoms with Crippen LogP contribution in [0.4, 0.5) is 0 Å². The summed E-state index contributed by atoms with van der Waals surface area (Å²) in [5, 5.41) is 10.0. The van der Waals surface area contributed by atoms with E-state index in [1.807, 2.05) is 40.1 Å². The van der Waals surface area contributed by atoms with Crippen molar-refractivity contribution < 1.29 is 14.4 Å². The van der Waals surface area contributed by atoms with Gasteiger partial charge in [0, 0.05) is 36.2 Å². The Balaban J connectivity index is 1.44. The Morgan fingerprint density at radius 2 is 1.86 bits per heavy atom. The molecule has 2 saturated heterocycles. The Hall–Kier alpha value is -0.665. The van der Waals surface area contributed by atoms with E-state index < -0.39 is 7.12 Å². The number of hydrogen-bond acceptors (Lipinski definition) is 7. The van der Waals surface area contributed by atoms with Crippen LogP contribution in [0.3, 0.4) is 0 Å². The van der Waals surface area contributed by atoms with Crippen molar-refractivity contribution in [1.82, 2.24) is 14.9 Å². The van der Waals surface area contributed by atoms with E-state index in [1.165, 1.54) is 25.7 Å². The van der Waals surface area contributed by atoms with E-state index >= 15 is 0 Å². The number of hydrogen-bond donors (Lipinski definition) is 1. The molecule has 2 aliphatic rings. The number of rotatable bonds is 8. The molecule has 156 valence electrons. The van der Waals surface area contributed by atoms with Crippen LogP contribution in [0.25, 0.3) is 0 Å². The van der Waals surface area contributed by atoms with Gasteiger partial charge in [-0.1, -0.05) is 18.2 Å². The zero-order chi connectivity index (χ0) is 20.2. The maximum atomic E-state index is 9.23. The number of β-amino-alcohol motifs (C(OH)–C–C–N with tert-alkyl or cyclic N) is 1. The molecule has 1 atom stereocenters. The topological polar surface area (TPSA) is 67.7 Å². The van der Waals surface area contributed by atoms with Gasteiger partial charge in [0.05, 0.1) is 17.8 Å². The first-order valence-corrected chi connectivity index (χ1v) is 11.5. The summed E-state index contributed by atoms with van der Waals surface area (Å²) in [6, 6.07) is 0.619. The highest BCUT2D eigenvalue weighted by molar-refractivity contribution is 7.99. The molecule has 1 aromatic rings. The second kappa shape index (κ2) is 9.43. The Bertz CT molecular complexity index is 612. The molecule has 3 rings (SSSR count). The molecular weight excluding hydrogens is 373 g/mol. The van der Waals surface area contributed by atoms with Crippen LogP contribution in [0.2, 0.25) is 0 Å². The van der Waals surface area contributed by atoms with E-state index in [9.17, 15) is 5.11 Å². The molecule has 1 N–H and O–H groups in total. The summed E-state index contributed by atoms with van der Waals surface area (Å²) in [5.74, 6) is 1.01. The van der Waals surface area contributed by atoms with Crippen LogP contribution in [-0.4, -0.2) is 69.8 Å². The van der Waals surface area contributed by atoms with Crippen molar-refractivity contribution in [3.8, 4) is 0 Å². The molecule has 6 nitrogen and oxygen atoms in total. The fourth-order valence-corrected chi connectivity index (χ4v) is 4.54. The normalized spacial score (nSPS) is 24.6. The zero-order valence-electron chi connectivity index (χ0n) is 17.7. The van der Waals surface area contributed by atoms with E-state index in [-0.39, 0.29) is 17.8 Å². The van der Waals surface area contributed by atoms with Crippen LogP contribution in [0, 0.1) is 0 Å². The first-order chi connectivity index (χ1) is 13.3. The molecule has 0 amide bonds. The molecule has 0 saturated carbocycles. The van der Waals surface area contributed by atoms with Crippen molar-refractivity contribution in [3.05, 3.63) is 12.4 Å². The molecule has 0 spiro atoms. The number of aliphatic hydroxyl groups is 1. The Morgan fingerprint density at radius 3 is 2.50 bits per heavy atom. The first-order valence-electron chi connectivity index (χ1n) is 10.5. The predicted octanol–water partition coefficient (Wildman–Crippen LogP) is 2.49. The summed E-state index contributed by atoms with van der Waals surface area (Å²) < 4.78 is 12.1. The summed E-state index contributed by atoms with van der Waals surface area (Å²) in [7, 11) is -0.409. The summed E-state index contributed by atoms with van der Waals surface area (Å²) in [6.45, 7) is 10.4. The highest BCUT2D eigenvalue weighted by Gasteiger charge is 2.51. The molecule has 0 radical (unpaired) electrons. The van der Waals surface area contributed by atoms with Gasteiger partial charge in [-0.05, 0) is 59.9 Å². The molecular formula is C20H34BN3O3S. The Kier molecular flexibility index (Phi) is 7.42. The van der Waals surface area contributed by atoms with Crippen LogP contribution >= 0.6 is 11.8 Å². The fourth-order valence-electron chi connectivity index (χ4n) is 3.79. The highest BCUT2D eigenvalue weighted by Crippen LogP contribution is 2.36. The second-order valence-electron chi connectivity index (χ2n) is 8.79.